The second-order valence-corrected chi connectivity index (χ2v) is 6.80. The smallest absolute Gasteiger partial charge is 0.253 e. The van der Waals surface area contributed by atoms with Gasteiger partial charge in [-0.3, -0.25) is 4.79 Å². The van der Waals surface area contributed by atoms with Crippen molar-refractivity contribution in [3.05, 3.63) is 70.3 Å². The van der Waals surface area contributed by atoms with Crippen molar-refractivity contribution >= 4 is 5.91 Å². The third kappa shape index (κ3) is 3.74. The highest BCUT2D eigenvalue weighted by Crippen LogP contribution is 2.29. The largest absolute Gasteiger partial charge is 0.339 e. The first-order chi connectivity index (χ1) is 12.1. The Balaban J connectivity index is 1.64. The molecule has 3 rings (SSSR count). The molecule has 0 N–H and O–H groups in total. The Morgan fingerprint density at radius 1 is 1.16 bits per heavy atom. The van der Waals surface area contributed by atoms with Crippen LogP contribution >= 0.6 is 0 Å². The van der Waals surface area contributed by atoms with E-state index in [4.69, 9.17) is 5.26 Å². The van der Waals surface area contributed by atoms with Gasteiger partial charge in [0.15, 0.2) is 0 Å². The number of hydrogen-bond donors (Lipinski definition) is 0. The maximum Gasteiger partial charge on any atom is 0.253 e. The van der Waals surface area contributed by atoms with Gasteiger partial charge >= 0.3 is 0 Å². The summed E-state index contributed by atoms with van der Waals surface area (Å²) in [6, 6.07) is 16.1. The van der Waals surface area contributed by atoms with Crippen LogP contribution in [0, 0.1) is 18.3 Å². The van der Waals surface area contributed by atoms with Crippen LogP contribution in [0.2, 0.25) is 0 Å². The molecule has 1 heterocycles. The molecule has 0 unspecified atom stereocenters. The van der Waals surface area contributed by atoms with E-state index in [1.54, 1.807) is 0 Å². The third-order valence-corrected chi connectivity index (χ3v) is 5.26. The number of piperidine rings is 1. The first-order valence-corrected chi connectivity index (χ1v) is 9.01. The van der Waals surface area contributed by atoms with E-state index in [1.165, 1.54) is 16.7 Å². The van der Waals surface area contributed by atoms with Gasteiger partial charge in [0.2, 0.25) is 0 Å². The van der Waals surface area contributed by atoms with Crippen LogP contribution in [0.1, 0.15) is 58.3 Å². The predicted molar refractivity (Wildman–Crippen MR) is 99.6 cm³/mol. The molecule has 0 atom stereocenters. The molecule has 0 aliphatic carbocycles. The van der Waals surface area contributed by atoms with Crippen LogP contribution in [0.25, 0.3) is 0 Å². The van der Waals surface area contributed by atoms with Gasteiger partial charge in [0.25, 0.3) is 5.91 Å². The number of carbonyl (C=O) groups is 1. The number of amides is 1. The van der Waals surface area contributed by atoms with E-state index in [1.807, 2.05) is 41.3 Å². The molecule has 128 valence electrons. The van der Waals surface area contributed by atoms with Crippen molar-refractivity contribution in [1.82, 2.24) is 4.90 Å². The monoisotopic (exact) mass is 332 g/mol. The first kappa shape index (κ1) is 17.2. The number of hydrogen-bond acceptors (Lipinski definition) is 2. The average Bonchev–Trinajstić information content (AvgIpc) is 2.67. The standard InChI is InChI=1S/C22H24N2O/c1-3-18-8-9-21(14-16(18)2)22(25)24-12-10-20(11-13-24)19-6-4-17(15-23)5-7-19/h4-9,14,20H,3,10-13H2,1-2H3. The molecule has 0 saturated carbocycles. The minimum Gasteiger partial charge on any atom is -0.339 e. The molecule has 1 aliphatic heterocycles. The SMILES string of the molecule is CCc1ccc(C(=O)N2CCC(c3ccc(C#N)cc3)CC2)cc1C. The molecular formula is C22H24N2O. The summed E-state index contributed by atoms with van der Waals surface area (Å²) < 4.78 is 0. The van der Waals surface area contributed by atoms with Gasteiger partial charge in [-0.15, -0.1) is 0 Å². The van der Waals surface area contributed by atoms with E-state index in [9.17, 15) is 4.79 Å². The molecule has 0 radical (unpaired) electrons. The zero-order chi connectivity index (χ0) is 17.8. The van der Waals surface area contributed by atoms with Crippen molar-refractivity contribution in [3.8, 4) is 6.07 Å². The van der Waals surface area contributed by atoms with Gasteiger partial charge in [-0.25, -0.2) is 0 Å². The minimum absolute atomic E-state index is 0.143. The fourth-order valence-electron chi connectivity index (χ4n) is 3.65. The van der Waals surface area contributed by atoms with Gasteiger partial charge in [-0.05, 0) is 73.1 Å². The number of carbonyl (C=O) groups excluding carboxylic acids is 1. The van der Waals surface area contributed by atoms with E-state index in [-0.39, 0.29) is 5.91 Å². The van der Waals surface area contributed by atoms with Crippen LogP contribution in [-0.2, 0) is 6.42 Å². The van der Waals surface area contributed by atoms with Gasteiger partial charge in [0.05, 0.1) is 11.6 Å². The highest BCUT2D eigenvalue weighted by atomic mass is 16.2. The molecule has 1 fully saturated rings. The Labute approximate surface area is 149 Å². The van der Waals surface area contributed by atoms with E-state index in [0.717, 1.165) is 37.9 Å². The van der Waals surface area contributed by atoms with Gasteiger partial charge in [0, 0.05) is 18.7 Å². The molecule has 2 aromatic carbocycles. The molecule has 0 spiro atoms. The number of nitriles is 1. The molecule has 3 nitrogen and oxygen atoms in total. The lowest BCUT2D eigenvalue weighted by molar-refractivity contribution is 0.0713. The van der Waals surface area contributed by atoms with Gasteiger partial charge in [-0.1, -0.05) is 25.1 Å². The van der Waals surface area contributed by atoms with Crippen LogP contribution in [0.3, 0.4) is 0 Å². The Bertz CT molecular complexity index is 794. The van der Waals surface area contributed by atoms with E-state index >= 15 is 0 Å². The summed E-state index contributed by atoms with van der Waals surface area (Å²) in [5.41, 5.74) is 5.26. The van der Waals surface area contributed by atoms with Gasteiger partial charge in [-0.2, -0.15) is 5.26 Å². The number of nitrogens with zero attached hydrogens (tertiary/aromatic N) is 2. The minimum atomic E-state index is 0.143. The Morgan fingerprint density at radius 2 is 1.84 bits per heavy atom. The summed E-state index contributed by atoms with van der Waals surface area (Å²) in [6.07, 6.45) is 2.95. The molecular weight excluding hydrogens is 308 g/mol. The van der Waals surface area contributed by atoms with Crippen molar-refractivity contribution in [3.63, 3.8) is 0 Å². The maximum atomic E-state index is 12.8. The first-order valence-electron chi connectivity index (χ1n) is 9.01. The Hall–Kier alpha value is -2.60. The lowest BCUT2D eigenvalue weighted by atomic mass is 9.88. The predicted octanol–water partition coefficient (Wildman–Crippen LogP) is 4.45. The second-order valence-electron chi connectivity index (χ2n) is 6.80. The lowest BCUT2D eigenvalue weighted by Crippen LogP contribution is -2.38. The van der Waals surface area contributed by atoms with Crippen molar-refractivity contribution in [2.24, 2.45) is 0 Å². The zero-order valence-corrected chi connectivity index (χ0v) is 15.0. The third-order valence-electron chi connectivity index (χ3n) is 5.26. The lowest BCUT2D eigenvalue weighted by Gasteiger charge is -2.32. The fourth-order valence-corrected chi connectivity index (χ4v) is 3.65. The second kappa shape index (κ2) is 7.53. The summed E-state index contributed by atoms with van der Waals surface area (Å²) in [4.78, 5) is 14.7. The van der Waals surface area contributed by atoms with Gasteiger partial charge in [0.1, 0.15) is 0 Å². The van der Waals surface area contributed by atoms with Crippen molar-refractivity contribution in [2.45, 2.75) is 39.0 Å². The number of benzene rings is 2. The molecule has 1 saturated heterocycles. The van der Waals surface area contributed by atoms with Crippen molar-refractivity contribution < 1.29 is 4.79 Å². The summed E-state index contributed by atoms with van der Waals surface area (Å²) in [5.74, 6) is 0.616. The summed E-state index contributed by atoms with van der Waals surface area (Å²) in [5, 5.41) is 8.90. The molecule has 0 bridgehead atoms. The summed E-state index contributed by atoms with van der Waals surface area (Å²) >= 11 is 0. The van der Waals surface area contributed by atoms with Crippen LogP contribution in [0.5, 0.6) is 0 Å². The summed E-state index contributed by atoms with van der Waals surface area (Å²) in [7, 11) is 0. The zero-order valence-electron chi connectivity index (χ0n) is 15.0. The molecule has 3 heteroatoms. The number of likely N-dealkylation sites (tertiary alicyclic amines) is 1. The summed E-state index contributed by atoms with van der Waals surface area (Å²) in [6.45, 7) is 5.79. The van der Waals surface area contributed by atoms with Crippen LogP contribution in [0.4, 0.5) is 0 Å². The Kier molecular flexibility index (Phi) is 5.19. The maximum absolute atomic E-state index is 12.8. The molecule has 0 aromatic heterocycles. The number of aryl methyl sites for hydroxylation is 2. The quantitative estimate of drug-likeness (QED) is 0.833. The molecule has 1 aliphatic rings. The normalized spacial score (nSPS) is 15.0. The van der Waals surface area contributed by atoms with Crippen molar-refractivity contribution in [1.29, 1.82) is 5.26 Å². The van der Waals surface area contributed by atoms with Crippen molar-refractivity contribution in [2.75, 3.05) is 13.1 Å². The van der Waals surface area contributed by atoms with Crippen LogP contribution in [-0.4, -0.2) is 23.9 Å². The van der Waals surface area contributed by atoms with E-state index < -0.39 is 0 Å². The molecule has 2 aromatic rings. The molecule has 1 amide bonds. The van der Waals surface area contributed by atoms with Crippen LogP contribution < -0.4 is 0 Å². The topological polar surface area (TPSA) is 44.1 Å². The highest BCUT2D eigenvalue weighted by molar-refractivity contribution is 5.94. The van der Waals surface area contributed by atoms with E-state index in [2.05, 4.69) is 26.0 Å². The number of rotatable bonds is 3. The van der Waals surface area contributed by atoms with Crippen LogP contribution in [0.15, 0.2) is 42.5 Å². The average molecular weight is 332 g/mol. The van der Waals surface area contributed by atoms with E-state index in [0.29, 0.717) is 11.5 Å². The van der Waals surface area contributed by atoms with Gasteiger partial charge < -0.3 is 4.90 Å². The molecule has 25 heavy (non-hydrogen) atoms. The Morgan fingerprint density at radius 3 is 2.40 bits per heavy atom. The fraction of sp³-hybridized carbons (Fsp3) is 0.364. The highest BCUT2D eigenvalue weighted by Gasteiger charge is 2.24.